The summed E-state index contributed by atoms with van der Waals surface area (Å²) in [6, 6.07) is 12.1. The van der Waals surface area contributed by atoms with Gasteiger partial charge in [0.15, 0.2) is 0 Å². The number of halogens is 3. The number of ether oxygens (including phenoxy) is 1. The van der Waals surface area contributed by atoms with Gasteiger partial charge in [0.25, 0.3) is 5.91 Å². The van der Waals surface area contributed by atoms with Gasteiger partial charge in [0.1, 0.15) is 5.75 Å². The standard InChI is InChI=1S/C18H17ClF2N2O3/c19-13-5-3-12(4-6-13)17(25)22-11-1-2-16(24)23-14-7-9-15(10-8-14)26-18(20)21/h3-10,18H,1-2,11H2,(H,22,25)(H,23,24). The van der Waals surface area contributed by atoms with Crippen molar-refractivity contribution in [3.05, 3.63) is 59.1 Å². The molecule has 2 N–H and O–H groups in total. The van der Waals surface area contributed by atoms with Crippen molar-refractivity contribution >= 4 is 29.1 Å². The molecule has 2 amide bonds. The molecule has 8 heteroatoms. The monoisotopic (exact) mass is 382 g/mol. The van der Waals surface area contributed by atoms with E-state index in [0.717, 1.165) is 0 Å². The zero-order valence-corrected chi connectivity index (χ0v) is 14.4. The van der Waals surface area contributed by atoms with Gasteiger partial charge in [-0.1, -0.05) is 11.6 Å². The van der Waals surface area contributed by atoms with Crippen molar-refractivity contribution in [1.29, 1.82) is 0 Å². The van der Waals surface area contributed by atoms with Crippen molar-refractivity contribution in [2.75, 3.05) is 11.9 Å². The largest absolute Gasteiger partial charge is 0.435 e. The number of nitrogens with one attached hydrogen (secondary N) is 2. The zero-order valence-electron chi connectivity index (χ0n) is 13.7. The molecule has 5 nitrogen and oxygen atoms in total. The maximum atomic E-state index is 12.1. The number of rotatable bonds is 8. The van der Waals surface area contributed by atoms with Crippen molar-refractivity contribution in [1.82, 2.24) is 5.32 Å². The fourth-order valence-corrected chi connectivity index (χ4v) is 2.22. The summed E-state index contributed by atoms with van der Waals surface area (Å²) in [6.45, 7) is -2.55. The van der Waals surface area contributed by atoms with Crippen LogP contribution in [0.25, 0.3) is 0 Å². The van der Waals surface area contributed by atoms with Crippen molar-refractivity contribution < 1.29 is 23.1 Å². The molecule has 0 aliphatic carbocycles. The molecular weight excluding hydrogens is 366 g/mol. The van der Waals surface area contributed by atoms with Crippen LogP contribution in [0.1, 0.15) is 23.2 Å². The van der Waals surface area contributed by atoms with Crippen LogP contribution < -0.4 is 15.4 Å². The number of amides is 2. The maximum Gasteiger partial charge on any atom is 0.387 e. The van der Waals surface area contributed by atoms with E-state index in [9.17, 15) is 18.4 Å². The van der Waals surface area contributed by atoms with Gasteiger partial charge in [-0.05, 0) is 55.0 Å². The Bertz CT molecular complexity index is 737. The van der Waals surface area contributed by atoms with E-state index in [1.807, 2.05) is 0 Å². The Morgan fingerprint density at radius 1 is 1.04 bits per heavy atom. The second kappa shape index (κ2) is 9.72. The molecule has 0 aliphatic rings. The lowest BCUT2D eigenvalue weighted by Gasteiger charge is -2.08. The predicted octanol–water partition coefficient (Wildman–Crippen LogP) is 4.09. The van der Waals surface area contributed by atoms with Crippen molar-refractivity contribution in [3.8, 4) is 5.75 Å². The van der Waals surface area contributed by atoms with Crippen LogP contribution in [0.5, 0.6) is 5.75 Å². The lowest BCUT2D eigenvalue weighted by molar-refractivity contribution is -0.116. The fraction of sp³-hybridized carbons (Fsp3) is 0.222. The Balaban J connectivity index is 1.68. The summed E-state index contributed by atoms with van der Waals surface area (Å²) in [5.41, 5.74) is 0.965. The van der Waals surface area contributed by atoms with Crippen LogP contribution in [-0.4, -0.2) is 25.0 Å². The van der Waals surface area contributed by atoms with Crippen LogP contribution in [0, 0.1) is 0 Å². The summed E-state index contributed by atoms with van der Waals surface area (Å²) >= 11 is 5.76. The first-order chi connectivity index (χ1) is 12.4. The number of hydrogen-bond donors (Lipinski definition) is 2. The van der Waals surface area contributed by atoms with E-state index < -0.39 is 6.61 Å². The van der Waals surface area contributed by atoms with E-state index in [2.05, 4.69) is 15.4 Å². The van der Waals surface area contributed by atoms with Crippen LogP contribution in [0.4, 0.5) is 14.5 Å². The van der Waals surface area contributed by atoms with Crippen LogP contribution in [0.3, 0.4) is 0 Å². The molecular formula is C18H17ClF2N2O3. The van der Waals surface area contributed by atoms with Gasteiger partial charge >= 0.3 is 6.61 Å². The van der Waals surface area contributed by atoms with Crippen molar-refractivity contribution in [3.63, 3.8) is 0 Å². The van der Waals surface area contributed by atoms with Gasteiger partial charge < -0.3 is 15.4 Å². The topological polar surface area (TPSA) is 67.4 Å². The quantitative estimate of drug-likeness (QED) is 0.676. The first kappa shape index (κ1) is 19.7. The van der Waals surface area contributed by atoms with E-state index >= 15 is 0 Å². The van der Waals surface area contributed by atoms with Crippen LogP contribution in [0.15, 0.2) is 48.5 Å². The van der Waals surface area contributed by atoms with E-state index in [4.69, 9.17) is 11.6 Å². The maximum absolute atomic E-state index is 12.1. The summed E-state index contributed by atoms with van der Waals surface area (Å²) in [7, 11) is 0. The molecule has 0 atom stereocenters. The van der Waals surface area contributed by atoms with Crippen LogP contribution in [-0.2, 0) is 4.79 Å². The van der Waals surface area contributed by atoms with Gasteiger partial charge in [-0.25, -0.2) is 0 Å². The van der Waals surface area contributed by atoms with Gasteiger partial charge in [-0.15, -0.1) is 0 Å². The van der Waals surface area contributed by atoms with E-state index in [1.165, 1.54) is 24.3 Å². The molecule has 2 aromatic rings. The molecule has 0 aliphatic heterocycles. The molecule has 26 heavy (non-hydrogen) atoms. The zero-order chi connectivity index (χ0) is 18.9. The third-order valence-electron chi connectivity index (χ3n) is 3.34. The Morgan fingerprint density at radius 3 is 2.31 bits per heavy atom. The summed E-state index contributed by atoms with van der Waals surface area (Å²) in [4.78, 5) is 23.7. The number of benzene rings is 2. The Hall–Kier alpha value is -2.67. The van der Waals surface area contributed by atoms with E-state index in [1.54, 1.807) is 24.3 Å². The molecule has 2 aromatic carbocycles. The first-order valence-electron chi connectivity index (χ1n) is 7.82. The number of carbonyl (C=O) groups is 2. The number of hydrogen-bond acceptors (Lipinski definition) is 3. The predicted molar refractivity (Wildman–Crippen MR) is 94.7 cm³/mol. The molecule has 0 saturated heterocycles. The molecule has 138 valence electrons. The molecule has 0 heterocycles. The lowest BCUT2D eigenvalue weighted by Crippen LogP contribution is -2.25. The Morgan fingerprint density at radius 2 is 1.69 bits per heavy atom. The molecule has 0 radical (unpaired) electrons. The third-order valence-corrected chi connectivity index (χ3v) is 3.59. The van der Waals surface area contributed by atoms with Gasteiger partial charge in [0, 0.05) is 29.2 Å². The highest BCUT2D eigenvalue weighted by atomic mass is 35.5. The molecule has 0 bridgehead atoms. The molecule has 0 aromatic heterocycles. The molecule has 2 rings (SSSR count). The van der Waals surface area contributed by atoms with Gasteiger partial charge in [-0.2, -0.15) is 8.78 Å². The normalized spacial score (nSPS) is 10.5. The number of alkyl halides is 2. The SMILES string of the molecule is O=C(CCCNC(=O)c1ccc(Cl)cc1)Nc1ccc(OC(F)F)cc1. The summed E-state index contributed by atoms with van der Waals surface area (Å²) in [5.74, 6) is -0.465. The molecule has 0 fully saturated rings. The van der Waals surface area contributed by atoms with Gasteiger partial charge in [0.05, 0.1) is 0 Å². The van der Waals surface area contributed by atoms with E-state index in [-0.39, 0.29) is 24.0 Å². The smallest absolute Gasteiger partial charge is 0.387 e. The van der Waals surface area contributed by atoms with Crippen molar-refractivity contribution in [2.24, 2.45) is 0 Å². The van der Waals surface area contributed by atoms with Crippen LogP contribution in [0.2, 0.25) is 5.02 Å². The lowest BCUT2D eigenvalue weighted by atomic mass is 10.2. The average molecular weight is 383 g/mol. The minimum absolute atomic E-state index is 0.0166. The summed E-state index contributed by atoms with van der Waals surface area (Å²) < 4.78 is 28.3. The minimum Gasteiger partial charge on any atom is -0.435 e. The van der Waals surface area contributed by atoms with Gasteiger partial charge in [0.2, 0.25) is 5.91 Å². The first-order valence-corrected chi connectivity index (χ1v) is 8.20. The van der Waals surface area contributed by atoms with Crippen molar-refractivity contribution in [2.45, 2.75) is 19.5 Å². The second-order valence-electron chi connectivity index (χ2n) is 5.32. The summed E-state index contributed by atoms with van der Waals surface area (Å²) in [6.07, 6.45) is 0.661. The van der Waals surface area contributed by atoms with Crippen LogP contribution >= 0.6 is 11.6 Å². The molecule has 0 saturated carbocycles. The Kier molecular flexibility index (Phi) is 7.35. The fourth-order valence-electron chi connectivity index (χ4n) is 2.10. The Labute approximate surface area is 154 Å². The highest BCUT2D eigenvalue weighted by molar-refractivity contribution is 6.30. The van der Waals surface area contributed by atoms with Gasteiger partial charge in [-0.3, -0.25) is 9.59 Å². The summed E-state index contributed by atoms with van der Waals surface area (Å²) in [5, 5.41) is 5.90. The number of carbonyl (C=O) groups excluding carboxylic acids is 2. The number of anilines is 1. The average Bonchev–Trinajstić information content (AvgIpc) is 2.60. The second-order valence-corrected chi connectivity index (χ2v) is 5.75. The third kappa shape index (κ3) is 6.68. The highest BCUT2D eigenvalue weighted by Gasteiger charge is 2.07. The molecule has 0 unspecified atom stereocenters. The highest BCUT2D eigenvalue weighted by Crippen LogP contribution is 2.17. The van der Waals surface area contributed by atoms with E-state index in [0.29, 0.717) is 29.2 Å². The minimum atomic E-state index is -2.89. The molecule has 0 spiro atoms.